The second-order valence-corrected chi connectivity index (χ2v) is 5.99. The lowest BCUT2D eigenvalue weighted by Gasteiger charge is -2.34. The van der Waals surface area contributed by atoms with Crippen LogP contribution < -0.4 is 0 Å². The Balaban J connectivity index is 1.57. The third-order valence-corrected chi connectivity index (χ3v) is 4.45. The number of hydrogen-bond acceptors (Lipinski definition) is 3. The summed E-state index contributed by atoms with van der Waals surface area (Å²) in [6, 6.07) is 8.04. The molecule has 110 valence electrons. The number of thiophene rings is 1. The van der Waals surface area contributed by atoms with Gasteiger partial charge in [0.1, 0.15) is 5.82 Å². The van der Waals surface area contributed by atoms with Crippen LogP contribution in [0.1, 0.15) is 15.9 Å². The molecule has 0 atom stereocenters. The van der Waals surface area contributed by atoms with Crippen molar-refractivity contribution < 1.29 is 9.18 Å². The van der Waals surface area contributed by atoms with Crippen LogP contribution in [0.25, 0.3) is 0 Å². The molecule has 1 aromatic heterocycles. The average molecular weight is 304 g/mol. The molecule has 3 rings (SSSR count). The minimum Gasteiger partial charge on any atom is -0.336 e. The molecule has 1 aliphatic rings. The van der Waals surface area contributed by atoms with Gasteiger partial charge >= 0.3 is 0 Å². The molecule has 0 unspecified atom stereocenters. The Hall–Kier alpha value is -1.72. The molecule has 0 saturated carbocycles. The molecule has 0 bridgehead atoms. The van der Waals surface area contributed by atoms with E-state index >= 15 is 0 Å². The van der Waals surface area contributed by atoms with Gasteiger partial charge in [-0.25, -0.2) is 4.39 Å². The van der Waals surface area contributed by atoms with E-state index in [9.17, 15) is 9.18 Å². The Morgan fingerprint density at radius 2 is 2.00 bits per heavy atom. The van der Waals surface area contributed by atoms with E-state index in [1.165, 1.54) is 17.7 Å². The van der Waals surface area contributed by atoms with Crippen LogP contribution in [0, 0.1) is 5.82 Å². The van der Waals surface area contributed by atoms with Gasteiger partial charge in [-0.15, -0.1) is 0 Å². The van der Waals surface area contributed by atoms with Gasteiger partial charge in [-0.1, -0.05) is 6.07 Å². The Labute approximate surface area is 127 Å². The fourth-order valence-corrected chi connectivity index (χ4v) is 3.21. The quantitative estimate of drug-likeness (QED) is 0.870. The second kappa shape index (κ2) is 6.37. The van der Waals surface area contributed by atoms with Crippen molar-refractivity contribution >= 4 is 17.2 Å². The maximum atomic E-state index is 13.2. The van der Waals surface area contributed by atoms with Gasteiger partial charge in [0.15, 0.2) is 0 Å². The Morgan fingerprint density at radius 1 is 1.19 bits per heavy atom. The summed E-state index contributed by atoms with van der Waals surface area (Å²) in [7, 11) is 0. The highest BCUT2D eigenvalue weighted by Gasteiger charge is 2.22. The van der Waals surface area contributed by atoms with Crippen LogP contribution in [0.4, 0.5) is 4.39 Å². The lowest BCUT2D eigenvalue weighted by Crippen LogP contribution is -2.48. The first kappa shape index (κ1) is 14.2. The van der Waals surface area contributed by atoms with E-state index in [-0.39, 0.29) is 11.7 Å². The minimum atomic E-state index is -0.364. The molecule has 1 aliphatic heterocycles. The number of amides is 1. The van der Waals surface area contributed by atoms with Crippen molar-refractivity contribution in [1.29, 1.82) is 0 Å². The van der Waals surface area contributed by atoms with Crippen molar-refractivity contribution in [2.75, 3.05) is 26.2 Å². The van der Waals surface area contributed by atoms with Gasteiger partial charge in [-0.05, 0) is 40.6 Å². The zero-order valence-corrected chi connectivity index (χ0v) is 12.5. The molecule has 0 radical (unpaired) electrons. The van der Waals surface area contributed by atoms with Crippen molar-refractivity contribution in [2.24, 2.45) is 0 Å². The fraction of sp³-hybridized carbons (Fsp3) is 0.312. The summed E-state index contributed by atoms with van der Waals surface area (Å²) in [5, 5.41) is 4.24. The lowest BCUT2D eigenvalue weighted by atomic mass is 10.1. The van der Waals surface area contributed by atoms with E-state index in [0.717, 1.165) is 19.6 Å². The van der Waals surface area contributed by atoms with Crippen molar-refractivity contribution in [3.63, 3.8) is 0 Å². The first-order valence-corrected chi connectivity index (χ1v) is 7.95. The Morgan fingerprint density at radius 3 is 2.67 bits per heavy atom. The maximum Gasteiger partial charge on any atom is 0.254 e. The zero-order valence-electron chi connectivity index (χ0n) is 11.7. The summed E-state index contributed by atoms with van der Waals surface area (Å²) in [5.41, 5.74) is 1.76. The number of piperazine rings is 1. The number of halogens is 1. The van der Waals surface area contributed by atoms with Gasteiger partial charge in [-0.2, -0.15) is 11.3 Å². The van der Waals surface area contributed by atoms with E-state index in [4.69, 9.17) is 0 Å². The molecule has 2 aromatic rings. The van der Waals surface area contributed by atoms with Crippen LogP contribution in [0.15, 0.2) is 41.1 Å². The van der Waals surface area contributed by atoms with Crippen LogP contribution in [0.2, 0.25) is 0 Å². The number of hydrogen-bond donors (Lipinski definition) is 0. The third kappa shape index (κ3) is 3.49. The van der Waals surface area contributed by atoms with E-state index < -0.39 is 0 Å². The molecule has 1 amide bonds. The van der Waals surface area contributed by atoms with E-state index in [1.807, 2.05) is 0 Å². The van der Waals surface area contributed by atoms with Crippen LogP contribution in [0.5, 0.6) is 0 Å². The van der Waals surface area contributed by atoms with Gasteiger partial charge in [0.05, 0.1) is 0 Å². The van der Waals surface area contributed by atoms with E-state index in [0.29, 0.717) is 18.7 Å². The lowest BCUT2D eigenvalue weighted by molar-refractivity contribution is 0.0628. The van der Waals surface area contributed by atoms with Crippen LogP contribution in [0.3, 0.4) is 0 Å². The number of carbonyl (C=O) groups excluding carboxylic acids is 1. The Kier molecular flexibility index (Phi) is 4.31. The molecule has 21 heavy (non-hydrogen) atoms. The van der Waals surface area contributed by atoms with Gasteiger partial charge in [0, 0.05) is 38.3 Å². The van der Waals surface area contributed by atoms with Crippen LogP contribution in [-0.4, -0.2) is 41.9 Å². The predicted octanol–water partition coefficient (Wildman–Crippen LogP) is 2.85. The number of rotatable bonds is 3. The Bertz CT molecular complexity index is 606. The SMILES string of the molecule is O=C(c1cccc(F)c1)N1CCN(Cc2ccsc2)CC1. The fourth-order valence-electron chi connectivity index (χ4n) is 2.55. The summed E-state index contributed by atoms with van der Waals surface area (Å²) in [6.45, 7) is 4.04. The smallest absolute Gasteiger partial charge is 0.254 e. The summed E-state index contributed by atoms with van der Waals surface area (Å²) in [6.07, 6.45) is 0. The highest BCUT2D eigenvalue weighted by atomic mass is 32.1. The average Bonchev–Trinajstić information content (AvgIpc) is 3.00. The van der Waals surface area contributed by atoms with Crippen molar-refractivity contribution in [2.45, 2.75) is 6.54 Å². The minimum absolute atomic E-state index is 0.0790. The first-order chi connectivity index (χ1) is 10.2. The van der Waals surface area contributed by atoms with Crippen LogP contribution >= 0.6 is 11.3 Å². The van der Waals surface area contributed by atoms with Gasteiger partial charge in [0.25, 0.3) is 5.91 Å². The molecule has 0 spiro atoms. The van der Waals surface area contributed by atoms with Crippen molar-refractivity contribution in [3.05, 3.63) is 58.0 Å². The monoisotopic (exact) mass is 304 g/mol. The van der Waals surface area contributed by atoms with Crippen molar-refractivity contribution in [1.82, 2.24) is 9.80 Å². The number of benzene rings is 1. The molecule has 3 nitrogen and oxygen atoms in total. The molecule has 0 aliphatic carbocycles. The van der Waals surface area contributed by atoms with Crippen molar-refractivity contribution in [3.8, 4) is 0 Å². The highest BCUT2D eigenvalue weighted by molar-refractivity contribution is 7.07. The number of nitrogens with zero attached hydrogens (tertiary/aromatic N) is 2. The summed E-state index contributed by atoms with van der Waals surface area (Å²) in [4.78, 5) is 16.5. The second-order valence-electron chi connectivity index (χ2n) is 5.21. The summed E-state index contributed by atoms with van der Waals surface area (Å²) >= 11 is 1.71. The predicted molar refractivity (Wildman–Crippen MR) is 81.9 cm³/mol. The largest absolute Gasteiger partial charge is 0.336 e. The summed E-state index contributed by atoms with van der Waals surface area (Å²) in [5.74, 6) is -0.443. The summed E-state index contributed by atoms with van der Waals surface area (Å²) < 4.78 is 13.2. The van der Waals surface area contributed by atoms with Gasteiger partial charge in [0.2, 0.25) is 0 Å². The maximum absolute atomic E-state index is 13.2. The first-order valence-electron chi connectivity index (χ1n) is 7.00. The standard InChI is InChI=1S/C16H17FN2OS/c17-15-3-1-2-14(10-15)16(20)19-7-5-18(6-8-19)11-13-4-9-21-12-13/h1-4,9-10,12H,5-8,11H2. The third-order valence-electron chi connectivity index (χ3n) is 3.72. The highest BCUT2D eigenvalue weighted by Crippen LogP contribution is 2.14. The topological polar surface area (TPSA) is 23.6 Å². The molecule has 0 N–H and O–H groups in total. The number of carbonyl (C=O) groups is 1. The van der Waals surface area contributed by atoms with E-state index in [1.54, 1.807) is 28.4 Å². The molecule has 1 fully saturated rings. The molecular formula is C16H17FN2OS. The molecule has 1 aromatic carbocycles. The molecule has 1 saturated heterocycles. The van der Waals surface area contributed by atoms with Crippen LogP contribution in [-0.2, 0) is 6.54 Å². The van der Waals surface area contributed by atoms with E-state index in [2.05, 4.69) is 21.7 Å². The normalized spacial score (nSPS) is 16.1. The molecular weight excluding hydrogens is 287 g/mol. The van der Waals surface area contributed by atoms with Gasteiger partial charge < -0.3 is 4.90 Å². The molecule has 5 heteroatoms. The zero-order chi connectivity index (χ0) is 14.7. The van der Waals surface area contributed by atoms with Gasteiger partial charge in [-0.3, -0.25) is 9.69 Å². The molecule has 2 heterocycles.